The Hall–Kier alpha value is -0.990. The molecule has 0 rings (SSSR count). The van der Waals surface area contributed by atoms with E-state index in [0.717, 1.165) is 38.5 Å². The highest BCUT2D eigenvalue weighted by Crippen LogP contribution is 2.42. The lowest BCUT2D eigenvalue weighted by molar-refractivity contribution is -0.147. The number of unbranched alkanes of at least 4 members (excludes halogenated alkanes) is 14. The molecule has 0 aromatic heterocycles. The van der Waals surface area contributed by atoms with Gasteiger partial charge in [-0.25, -0.2) is 4.57 Å². The van der Waals surface area contributed by atoms with Crippen molar-refractivity contribution in [1.82, 2.24) is 5.32 Å². The minimum atomic E-state index is -4.38. The van der Waals surface area contributed by atoms with Gasteiger partial charge in [0.15, 0.2) is 0 Å². The maximum Gasteiger partial charge on any atom is 0.472 e. The highest BCUT2D eigenvalue weighted by molar-refractivity contribution is 7.47. The van der Waals surface area contributed by atoms with Crippen molar-refractivity contribution in [3.63, 3.8) is 0 Å². The molecular weight excluding hydrogens is 497 g/mol. The summed E-state index contributed by atoms with van der Waals surface area (Å²) in [5.41, 5.74) is 0. The summed E-state index contributed by atoms with van der Waals surface area (Å²) in [6, 6.07) is 0. The number of ether oxygens (including phenoxy) is 1. The van der Waals surface area contributed by atoms with E-state index in [1.807, 2.05) is 0 Å². The van der Waals surface area contributed by atoms with E-state index in [0.29, 0.717) is 6.42 Å². The molecule has 0 heterocycles. The Morgan fingerprint density at radius 2 is 1.22 bits per heavy atom. The van der Waals surface area contributed by atoms with Gasteiger partial charge in [-0.05, 0) is 12.8 Å². The highest BCUT2D eigenvalue weighted by Gasteiger charge is 2.23. The molecule has 1 amide bonds. The zero-order chi connectivity index (χ0) is 27.6. The number of nitrogens with one attached hydrogen (secondary N) is 1. The second-order valence-corrected chi connectivity index (χ2v) is 11.2. The van der Waals surface area contributed by atoms with Gasteiger partial charge in [-0.3, -0.25) is 18.6 Å². The summed E-state index contributed by atoms with van der Waals surface area (Å²) >= 11 is 0. The van der Waals surface area contributed by atoms with E-state index < -0.39 is 26.5 Å². The summed E-state index contributed by atoms with van der Waals surface area (Å²) in [5.74, 6) is -0.525. The first kappa shape index (κ1) is 36.0. The lowest BCUT2D eigenvalue weighted by Gasteiger charge is -2.15. The molecule has 0 aliphatic heterocycles. The molecule has 2 unspecified atom stereocenters. The SMILES string of the molecule is CCCCCCCCCCCC(=O)OCC(O)COP(=O)(O)OCCNC(=O)CCCCCCCCC. The Balaban J connectivity index is 3.69. The van der Waals surface area contributed by atoms with E-state index in [2.05, 4.69) is 19.2 Å². The van der Waals surface area contributed by atoms with Crippen LogP contribution in [0.3, 0.4) is 0 Å². The van der Waals surface area contributed by atoms with E-state index in [1.165, 1.54) is 64.2 Å². The van der Waals surface area contributed by atoms with Gasteiger partial charge in [-0.15, -0.1) is 0 Å². The van der Waals surface area contributed by atoms with Gasteiger partial charge >= 0.3 is 13.8 Å². The molecule has 0 bridgehead atoms. The number of aliphatic hydroxyl groups excluding tert-OH is 1. The Labute approximate surface area is 225 Å². The van der Waals surface area contributed by atoms with Crippen LogP contribution in [0.2, 0.25) is 0 Å². The van der Waals surface area contributed by atoms with Gasteiger partial charge < -0.3 is 20.1 Å². The molecule has 220 valence electrons. The van der Waals surface area contributed by atoms with Crippen molar-refractivity contribution in [3.8, 4) is 0 Å². The van der Waals surface area contributed by atoms with Crippen molar-refractivity contribution < 1.29 is 37.9 Å². The summed E-state index contributed by atoms with van der Waals surface area (Å²) < 4.78 is 26.5. The van der Waals surface area contributed by atoms with Crippen LogP contribution >= 0.6 is 7.82 Å². The van der Waals surface area contributed by atoms with Crippen LogP contribution in [0.25, 0.3) is 0 Å². The first-order valence-corrected chi connectivity index (χ1v) is 16.0. The van der Waals surface area contributed by atoms with Crippen LogP contribution in [0.1, 0.15) is 129 Å². The molecule has 0 aliphatic carbocycles. The average Bonchev–Trinajstić information content (AvgIpc) is 2.87. The Morgan fingerprint density at radius 3 is 1.76 bits per heavy atom. The lowest BCUT2D eigenvalue weighted by atomic mass is 10.1. The molecule has 10 heteroatoms. The third-order valence-corrected chi connectivity index (χ3v) is 7.02. The minimum Gasteiger partial charge on any atom is -0.463 e. The summed E-state index contributed by atoms with van der Waals surface area (Å²) in [4.78, 5) is 33.3. The number of phosphoric ester groups is 1. The first-order valence-electron chi connectivity index (χ1n) is 14.5. The summed E-state index contributed by atoms with van der Waals surface area (Å²) in [7, 11) is -4.38. The quantitative estimate of drug-likeness (QED) is 0.0624. The van der Waals surface area contributed by atoms with E-state index in [-0.39, 0.29) is 32.1 Å². The van der Waals surface area contributed by atoms with Crippen molar-refractivity contribution >= 4 is 19.7 Å². The molecule has 0 spiro atoms. The number of hydrogen-bond acceptors (Lipinski definition) is 7. The van der Waals surface area contributed by atoms with Gasteiger partial charge in [-0.1, -0.05) is 104 Å². The van der Waals surface area contributed by atoms with Gasteiger partial charge in [0.05, 0.1) is 13.2 Å². The van der Waals surface area contributed by atoms with Crippen LogP contribution in [0.4, 0.5) is 0 Å². The third-order valence-electron chi connectivity index (χ3n) is 6.04. The predicted octanol–water partition coefficient (Wildman–Crippen LogP) is 6.20. The average molecular weight is 552 g/mol. The van der Waals surface area contributed by atoms with Crippen LogP contribution in [0.5, 0.6) is 0 Å². The Bertz CT molecular complexity index is 605. The van der Waals surface area contributed by atoms with Crippen molar-refractivity contribution in [2.24, 2.45) is 0 Å². The molecule has 0 aromatic rings. The van der Waals surface area contributed by atoms with Crippen LogP contribution < -0.4 is 5.32 Å². The van der Waals surface area contributed by atoms with E-state index in [9.17, 15) is 24.2 Å². The fraction of sp³-hybridized carbons (Fsp3) is 0.926. The molecule has 37 heavy (non-hydrogen) atoms. The molecule has 0 aromatic carbocycles. The van der Waals surface area contributed by atoms with Gasteiger partial charge in [0, 0.05) is 19.4 Å². The third kappa shape index (κ3) is 26.4. The fourth-order valence-corrected chi connectivity index (χ4v) is 4.55. The second kappa shape index (κ2) is 25.3. The number of aliphatic hydroxyl groups is 1. The number of carbonyl (C=O) groups is 2. The number of amides is 1. The smallest absolute Gasteiger partial charge is 0.463 e. The van der Waals surface area contributed by atoms with Crippen LogP contribution in [-0.2, 0) is 27.9 Å². The van der Waals surface area contributed by atoms with Crippen LogP contribution in [-0.4, -0.2) is 54.3 Å². The molecule has 0 radical (unpaired) electrons. The molecule has 2 atom stereocenters. The standard InChI is InChI=1S/C27H54NO8P/c1-3-5-7-9-11-12-14-16-18-20-27(31)34-23-25(29)24-36-37(32,33)35-22-21-28-26(30)19-17-15-13-10-8-6-4-2/h25,29H,3-24H2,1-2H3,(H,28,30)(H,32,33). The molecule has 0 fully saturated rings. The molecule has 0 saturated carbocycles. The van der Waals surface area contributed by atoms with Crippen LogP contribution in [0.15, 0.2) is 0 Å². The molecule has 0 aliphatic rings. The zero-order valence-corrected chi connectivity index (χ0v) is 24.3. The number of rotatable bonds is 27. The van der Waals surface area contributed by atoms with Crippen LogP contribution in [0, 0.1) is 0 Å². The van der Waals surface area contributed by atoms with Crippen molar-refractivity contribution in [2.75, 3.05) is 26.4 Å². The second-order valence-electron chi connectivity index (χ2n) is 9.73. The molecular formula is C27H54NO8P. The van der Waals surface area contributed by atoms with Crippen molar-refractivity contribution in [3.05, 3.63) is 0 Å². The van der Waals surface area contributed by atoms with Gasteiger partial charge in [0.25, 0.3) is 0 Å². The number of esters is 1. The van der Waals surface area contributed by atoms with Gasteiger partial charge in [-0.2, -0.15) is 0 Å². The summed E-state index contributed by atoms with van der Waals surface area (Å²) in [6.45, 7) is 3.45. The van der Waals surface area contributed by atoms with E-state index in [4.69, 9.17) is 13.8 Å². The van der Waals surface area contributed by atoms with E-state index in [1.54, 1.807) is 0 Å². The maximum atomic E-state index is 11.9. The monoisotopic (exact) mass is 551 g/mol. The molecule has 9 nitrogen and oxygen atoms in total. The highest BCUT2D eigenvalue weighted by atomic mass is 31.2. The fourth-order valence-electron chi connectivity index (χ4n) is 3.79. The summed E-state index contributed by atoms with van der Waals surface area (Å²) in [6.07, 6.45) is 17.7. The topological polar surface area (TPSA) is 131 Å². The van der Waals surface area contributed by atoms with Crippen molar-refractivity contribution in [2.45, 2.75) is 136 Å². The van der Waals surface area contributed by atoms with E-state index >= 15 is 0 Å². The Morgan fingerprint density at radius 1 is 0.730 bits per heavy atom. The first-order chi connectivity index (χ1) is 17.8. The normalized spacial score (nSPS) is 13.7. The lowest BCUT2D eigenvalue weighted by Crippen LogP contribution is -2.27. The zero-order valence-electron chi connectivity index (χ0n) is 23.4. The Kier molecular flexibility index (Phi) is 24.6. The largest absolute Gasteiger partial charge is 0.472 e. The maximum absolute atomic E-state index is 11.9. The number of phosphoric acid groups is 1. The number of hydrogen-bond donors (Lipinski definition) is 3. The van der Waals surface area contributed by atoms with Gasteiger partial charge in [0.1, 0.15) is 12.7 Å². The summed E-state index contributed by atoms with van der Waals surface area (Å²) in [5, 5.41) is 12.5. The minimum absolute atomic E-state index is 0.0856. The van der Waals surface area contributed by atoms with Gasteiger partial charge in [0.2, 0.25) is 5.91 Å². The van der Waals surface area contributed by atoms with Crippen molar-refractivity contribution in [1.29, 1.82) is 0 Å². The molecule has 3 N–H and O–H groups in total. The molecule has 0 saturated heterocycles. The number of carbonyl (C=O) groups excluding carboxylic acids is 2. The predicted molar refractivity (Wildman–Crippen MR) is 146 cm³/mol.